The highest BCUT2D eigenvalue weighted by molar-refractivity contribution is 7.89. The minimum absolute atomic E-state index is 0.314. The van der Waals surface area contributed by atoms with E-state index in [9.17, 15) is 8.42 Å². The van der Waals surface area contributed by atoms with Gasteiger partial charge in [0.25, 0.3) is 0 Å². The molecule has 0 heterocycles. The van der Waals surface area contributed by atoms with Crippen LogP contribution in [0.15, 0.2) is 29.2 Å². The zero-order valence-corrected chi connectivity index (χ0v) is 13.2. The first-order valence-corrected chi connectivity index (χ1v) is 8.11. The summed E-state index contributed by atoms with van der Waals surface area (Å²) >= 11 is 5.69. The van der Waals surface area contributed by atoms with Crippen LogP contribution in [-0.2, 0) is 15.9 Å². The molecule has 0 aliphatic carbocycles. The quantitative estimate of drug-likeness (QED) is 0.724. The largest absolute Gasteiger partial charge is 0.309 e. The van der Waals surface area contributed by atoms with E-state index >= 15 is 0 Å². The summed E-state index contributed by atoms with van der Waals surface area (Å²) < 4.78 is 26.0. The smallest absolute Gasteiger partial charge is 0.242 e. The highest BCUT2D eigenvalue weighted by atomic mass is 35.5. The van der Waals surface area contributed by atoms with Gasteiger partial charge in [-0.25, -0.2) is 12.7 Å². The number of hydrogen-bond acceptors (Lipinski definition) is 3. The van der Waals surface area contributed by atoms with Crippen LogP contribution in [0.25, 0.3) is 0 Å². The fraction of sp³-hybridized carbons (Fsp3) is 0.538. The van der Waals surface area contributed by atoms with Gasteiger partial charge >= 0.3 is 0 Å². The molecular formula is C13H21ClN2O2S. The summed E-state index contributed by atoms with van der Waals surface area (Å²) in [6.07, 6.45) is 0.808. The molecule has 0 spiro atoms. The minimum Gasteiger partial charge on any atom is -0.309 e. The van der Waals surface area contributed by atoms with Gasteiger partial charge in [0.05, 0.1) is 4.90 Å². The van der Waals surface area contributed by atoms with Crippen LogP contribution in [-0.4, -0.2) is 51.9 Å². The Balaban J connectivity index is 2.72. The second-order valence-electron chi connectivity index (χ2n) is 4.76. The number of alkyl halides is 1. The molecule has 0 amide bonds. The summed E-state index contributed by atoms with van der Waals surface area (Å²) in [4.78, 5) is 2.35. The second-order valence-corrected chi connectivity index (χ2v) is 7.07. The molecule has 0 aliphatic rings. The molecule has 0 atom stereocenters. The van der Waals surface area contributed by atoms with Crippen LogP contribution in [0.4, 0.5) is 0 Å². The molecule has 0 saturated carbocycles. The third-order valence-electron chi connectivity index (χ3n) is 2.86. The minimum atomic E-state index is -3.39. The van der Waals surface area contributed by atoms with Crippen LogP contribution < -0.4 is 0 Å². The second kappa shape index (κ2) is 7.24. The summed E-state index contributed by atoms with van der Waals surface area (Å²) in [5.41, 5.74) is 0.913. The number of nitrogens with zero attached hydrogens (tertiary/aromatic N) is 2. The van der Waals surface area contributed by atoms with E-state index in [-0.39, 0.29) is 0 Å². The van der Waals surface area contributed by atoms with Gasteiger partial charge in [0, 0.05) is 19.5 Å². The SMILES string of the molecule is CN(C)CCCN(C)S(=O)(=O)c1ccc(CCl)cc1. The lowest BCUT2D eigenvalue weighted by Crippen LogP contribution is -2.29. The Kier molecular flexibility index (Phi) is 6.26. The predicted octanol–water partition coefficient (Wildman–Crippen LogP) is 2.00. The first-order valence-electron chi connectivity index (χ1n) is 6.14. The van der Waals surface area contributed by atoms with Crippen LogP contribution in [0.2, 0.25) is 0 Å². The molecule has 0 unspecified atom stereocenters. The molecule has 0 radical (unpaired) electrons. The Hall–Kier alpha value is -0.620. The van der Waals surface area contributed by atoms with Gasteiger partial charge in [-0.3, -0.25) is 0 Å². The van der Waals surface area contributed by atoms with Crippen molar-refractivity contribution in [3.8, 4) is 0 Å². The number of sulfonamides is 1. The van der Waals surface area contributed by atoms with Gasteiger partial charge in [-0.1, -0.05) is 12.1 Å². The van der Waals surface area contributed by atoms with Crippen molar-refractivity contribution in [1.29, 1.82) is 0 Å². The van der Waals surface area contributed by atoms with Crippen molar-refractivity contribution in [3.05, 3.63) is 29.8 Å². The van der Waals surface area contributed by atoms with Crippen LogP contribution >= 0.6 is 11.6 Å². The maximum Gasteiger partial charge on any atom is 0.242 e. The first-order chi connectivity index (χ1) is 8.87. The highest BCUT2D eigenvalue weighted by Crippen LogP contribution is 2.16. The molecule has 0 aromatic heterocycles. The lowest BCUT2D eigenvalue weighted by atomic mass is 10.2. The number of rotatable bonds is 7. The van der Waals surface area contributed by atoms with Crippen LogP contribution in [0.1, 0.15) is 12.0 Å². The van der Waals surface area contributed by atoms with E-state index in [0.29, 0.717) is 17.3 Å². The highest BCUT2D eigenvalue weighted by Gasteiger charge is 2.19. The molecule has 108 valence electrons. The molecule has 1 rings (SSSR count). The average molecular weight is 305 g/mol. The fourth-order valence-corrected chi connectivity index (χ4v) is 3.05. The summed E-state index contributed by atoms with van der Waals surface area (Å²) in [5, 5.41) is 0. The third-order valence-corrected chi connectivity index (χ3v) is 5.04. The van der Waals surface area contributed by atoms with E-state index in [1.54, 1.807) is 31.3 Å². The number of hydrogen-bond donors (Lipinski definition) is 0. The van der Waals surface area contributed by atoms with Gasteiger partial charge in [0.15, 0.2) is 0 Å². The molecule has 4 nitrogen and oxygen atoms in total. The van der Waals surface area contributed by atoms with Crippen molar-refractivity contribution in [2.45, 2.75) is 17.2 Å². The maximum atomic E-state index is 12.3. The topological polar surface area (TPSA) is 40.6 Å². The van der Waals surface area contributed by atoms with Gasteiger partial charge in [-0.15, -0.1) is 11.6 Å². The molecule has 0 fully saturated rings. The van der Waals surface area contributed by atoms with E-state index < -0.39 is 10.0 Å². The van der Waals surface area contributed by atoms with Gasteiger partial charge in [-0.2, -0.15) is 0 Å². The molecule has 19 heavy (non-hydrogen) atoms. The monoisotopic (exact) mass is 304 g/mol. The maximum absolute atomic E-state index is 12.3. The summed E-state index contributed by atoms with van der Waals surface area (Å²) in [6, 6.07) is 6.70. The van der Waals surface area contributed by atoms with E-state index in [4.69, 9.17) is 11.6 Å². The molecule has 1 aromatic carbocycles. The van der Waals surface area contributed by atoms with Gasteiger partial charge in [0.2, 0.25) is 10.0 Å². The van der Waals surface area contributed by atoms with Crippen molar-refractivity contribution in [1.82, 2.24) is 9.21 Å². The van der Waals surface area contributed by atoms with E-state index in [1.807, 2.05) is 19.0 Å². The number of benzene rings is 1. The van der Waals surface area contributed by atoms with Crippen LogP contribution in [0, 0.1) is 0 Å². The zero-order valence-electron chi connectivity index (χ0n) is 11.6. The fourth-order valence-electron chi connectivity index (χ4n) is 1.66. The van der Waals surface area contributed by atoms with Crippen LogP contribution in [0.3, 0.4) is 0 Å². The average Bonchev–Trinajstić information content (AvgIpc) is 2.38. The Morgan fingerprint density at radius 1 is 1.05 bits per heavy atom. The molecule has 0 saturated heterocycles. The number of halogens is 1. The Morgan fingerprint density at radius 3 is 2.11 bits per heavy atom. The zero-order chi connectivity index (χ0) is 14.5. The van der Waals surface area contributed by atoms with E-state index in [1.165, 1.54) is 4.31 Å². The van der Waals surface area contributed by atoms with Crippen molar-refractivity contribution < 1.29 is 8.42 Å². The molecule has 1 aromatic rings. The van der Waals surface area contributed by atoms with Crippen molar-refractivity contribution in [3.63, 3.8) is 0 Å². The summed E-state index contributed by atoms with van der Waals surface area (Å²) in [7, 11) is 2.16. The first kappa shape index (κ1) is 16.4. The molecule has 0 bridgehead atoms. The molecular weight excluding hydrogens is 284 g/mol. The Bertz CT molecular complexity index is 486. The molecule has 6 heteroatoms. The standard InChI is InChI=1S/C13H21ClN2O2S/c1-15(2)9-4-10-16(3)19(17,18)13-7-5-12(11-14)6-8-13/h5-8H,4,9-11H2,1-3H3. The van der Waals surface area contributed by atoms with E-state index in [2.05, 4.69) is 0 Å². The third kappa shape index (κ3) is 4.76. The van der Waals surface area contributed by atoms with E-state index in [0.717, 1.165) is 18.5 Å². The lowest BCUT2D eigenvalue weighted by molar-refractivity contribution is 0.370. The van der Waals surface area contributed by atoms with Crippen molar-refractivity contribution in [2.75, 3.05) is 34.2 Å². The Morgan fingerprint density at radius 2 is 1.63 bits per heavy atom. The van der Waals surface area contributed by atoms with Crippen molar-refractivity contribution in [2.24, 2.45) is 0 Å². The summed E-state index contributed by atoms with van der Waals surface area (Å²) in [5.74, 6) is 0.388. The normalized spacial score (nSPS) is 12.3. The van der Waals surface area contributed by atoms with Gasteiger partial charge in [-0.05, 0) is 44.8 Å². The van der Waals surface area contributed by atoms with Crippen LogP contribution in [0.5, 0.6) is 0 Å². The summed E-state index contributed by atoms with van der Waals surface area (Å²) in [6.45, 7) is 1.38. The van der Waals surface area contributed by atoms with Gasteiger partial charge in [0.1, 0.15) is 0 Å². The van der Waals surface area contributed by atoms with Crippen molar-refractivity contribution >= 4 is 21.6 Å². The van der Waals surface area contributed by atoms with Gasteiger partial charge < -0.3 is 4.90 Å². The Labute approximate surface area is 121 Å². The molecule has 0 aliphatic heterocycles. The predicted molar refractivity (Wildman–Crippen MR) is 79.0 cm³/mol. The molecule has 0 N–H and O–H groups in total. The lowest BCUT2D eigenvalue weighted by Gasteiger charge is -2.18.